The highest BCUT2D eigenvalue weighted by Crippen LogP contribution is 2.24. The molecule has 0 spiro atoms. The van der Waals surface area contributed by atoms with Crippen molar-refractivity contribution < 1.29 is 19.2 Å². The summed E-state index contributed by atoms with van der Waals surface area (Å²) in [5.41, 5.74) is 0.530. The van der Waals surface area contributed by atoms with Crippen molar-refractivity contribution in [3.8, 4) is 6.07 Å². The molecule has 7 heteroatoms. The zero-order chi connectivity index (χ0) is 15.0. The van der Waals surface area contributed by atoms with Gasteiger partial charge in [-0.15, -0.1) is 0 Å². The molecule has 1 aliphatic heterocycles. The fraction of sp³-hybridized carbons (Fsp3) is 0. The van der Waals surface area contributed by atoms with Crippen LogP contribution >= 0.6 is 11.3 Å². The predicted molar refractivity (Wildman–Crippen MR) is 71.4 cm³/mol. The van der Waals surface area contributed by atoms with Crippen LogP contribution in [-0.4, -0.2) is 22.8 Å². The van der Waals surface area contributed by atoms with E-state index in [0.29, 0.717) is 5.06 Å². The second kappa shape index (κ2) is 4.85. The van der Waals surface area contributed by atoms with Crippen molar-refractivity contribution >= 4 is 29.1 Å². The molecule has 0 unspecified atom stereocenters. The molecule has 0 aliphatic carbocycles. The minimum Gasteiger partial charge on any atom is -0.324 e. The maximum Gasteiger partial charge on any atom is 0.366 e. The lowest BCUT2D eigenvalue weighted by Crippen LogP contribution is -2.32. The first-order valence-electron chi connectivity index (χ1n) is 5.80. The van der Waals surface area contributed by atoms with Gasteiger partial charge in [0.05, 0.1) is 22.3 Å². The Labute approximate surface area is 122 Å². The number of hydroxylamine groups is 2. The van der Waals surface area contributed by atoms with Crippen LogP contribution in [0.2, 0.25) is 0 Å². The van der Waals surface area contributed by atoms with Gasteiger partial charge in [0.2, 0.25) is 0 Å². The standard InChI is InChI=1S/C14H6N2O4S/c15-5-8-6-21-7-11(8)14(19)20-16-12(17)9-3-1-2-4-10(9)13(16)18/h1-4,6-7H. The van der Waals surface area contributed by atoms with Gasteiger partial charge in [0, 0.05) is 10.8 Å². The van der Waals surface area contributed by atoms with Crippen molar-refractivity contribution in [1.82, 2.24) is 5.06 Å². The molecule has 1 aromatic heterocycles. The Bertz CT molecular complexity index is 783. The summed E-state index contributed by atoms with van der Waals surface area (Å²) in [6.07, 6.45) is 0. The monoisotopic (exact) mass is 298 g/mol. The number of carbonyl (C=O) groups is 3. The third kappa shape index (κ3) is 1.98. The number of amides is 2. The highest BCUT2D eigenvalue weighted by Gasteiger charge is 2.39. The van der Waals surface area contributed by atoms with Crippen molar-refractivity contribution in [1.29, 1.82) is 5.26 Å². The maximum absolute atomic E-state index is 12.0. The molecule has 0 saturated heterocycles. The molecule has 3 rings (SSSR count). The summed E-state index contributed by atoms with van der Waals surface area (Å²) in [7, 11) is 0. The largest absolute Gasteiger partial charge is 0.366 e. The topological polar surface area (TPSA) is 87.5 Å². The van der Waals surface area contributed by atoms with E-state index >= 15 is 0 Å². The van der Waals surface area contributed by atoms with Gasteiger partial charge in [0.25, 0.3) is 11.8 Å². The summed E-state index contributed by atoms with van der Waals surface area (Å²) in [6.45, 7) is 0. The molecule has 0 fully saturated rings. The van der Waals surface area contributed by atoms with E-state index in [9.17, 15) is 14.4 Å². The van der Waals surface area contributed by atoms with Gasteiger partial charge < -0.3 is 4.84 Å². The number of nitriles is 1. The minimum atomic E-state index is -0.915. The van der Waals surface area contributed by atoms with Crippen LogP contribution in [0.3, 0.4) is 0 Å². The summed E-state index contributed by atoms with van der Waals surface area (Å²) in [5.74, 6) is -2.31. The summed E-state index contributed by atoms with van der Waals surface area (Å²) < 4.78 is 0. The molecule has 1 aliphatic rings. The molecule has 0 bridgehead atoms. The Morgan fingerprint density at radius 2 is 1.76 bits per heavy atom. The van der Waals surface area contributed by atoms with Gasteiger partial charge in [-0.25, -0.2) is 4.79 Å². The molecular formula is C14H6N2O4S. The second-order valence-electron chi connectivity index (χ2n) is 4.14. The Morgan fingerprint density at radius 1 is 1.14 bits per heavy atom. The third-order valence-electron chi connectivity index (χ3n) is 2.93. The molecule has 1 aromatic carbocycles. The minimum absolute atomic E-state index is 0.0269. The third-order valence-corrected chi connectivity index (χ3v) is 3.68. The fourth-order valence-electron chi connectivity index (χ4n) is 1.92. The van der Waals surface area contributed by atoms with Crippen LogP contribution in [0.5, 0.6) is 0 Å². The average molecular weight is 298 g/mol. The van der Waals surface area contributed by atoms with Crippen molar-refractivity contribution in [3.05, 3.63) is 57.3 Å². The number of thiophene rings is 1. The Morgan fingerprint density at radius 3 is 2.33 bits per heavy atom. The van der Waals surface area contributed by atoms with Gasteiger partial charge in [0.1, 0.15) is 6.07 Å². The summed E-state index contributed by atoms with van der Waals surface area (Å²) in [6, 6.07) is 8.03. The van der Waals surface area contributed by atoms with Crippen molar-refractivity contribution in [2.45, 2.75) is 0 Å². The van der Waals surface area contributed by atoms with Crippen LogP contribution in [0.1, 0.15) is 36.6 Å². The maximum atomic E-state index is 12.0. The molecule has 0 saturated carbocycles. The first-order valence-corrected chi connectivity index (χ1v) is 6.74. The van der Waals surface area contributed by atoms with Crippen molar-refractivity contribution in [2.24, 2.45) is 0 Å². The molecule has 2 heterocycles. The lowest BCUT2D eigenvalue weighted by atomic mass is 10.1. The van der Waals surface area contributed by atoms with Crippen molar-refractivity contribution in [2.75, 3.05) is 0 Å². The first kappa shape index (κ1) is 13.0. The van der Waals surface area contributed by atoms with E-state index in [0.717, 1.165) is 11.3 Å². The number of carbonyl (C=O) groups excluding carboxylic acids is 3. The number of fused-ring (bicyclic) bond motifs is 1. The number of rotatable bonds is 2. The van der Waals surface area contributed by atoms with Crippen molar-refractivity contribution in [3.63, 3.8) is 0 Å². The second-order valence-corrected chi connectivity index (χ2v) is 4.88. The molecule has 0 atom stereocenters. The molecule has 102 valence electrons. The normalized spacial score (nSPS) is 13.0. The van der Waals surface area contributed by atoms with Gasteiger partial charge in [-0.1, -0.05) is 17.2 Å². The molecule has 0 N–H and O–H groups in total. The predicted octanol–water partition coefficient (Wildman–Crippen LogP) is 1.99. The highest BCUT2D eigenvalue weighted by molar-refractivity contribution is 7.08. The van der Waals surface area contributed by atoms with E-state index in [1.807, 2.05) is 6.07 Å². The molecule has 6 nitrogen and oxygen atoms in total. The Kier molecular flexibility index (Phi) is 3.01. The molecular weight excluding hydrogens is 292 g/mol. The smallest absolute Gasteiger partial charge is 0.324 e. The summed E-state index contributed by atoms with van der Waals surface area (Å²) >= 11 is 1.15. The SMILES string of the molecule is N#Cc1cscc1C(=O)ON1C(=O)c2ccccc2C1=O. The van der Waals surface area contributed by atoms with Crippen LogP contribution in [0.25, 0.3) is 0 Å². The molecule has 2 amide bonds. The quantitative estimate of drug-likeness (QED) is 0.791. The van der Waals surface area contributed by atoms with Gasteiger partial charge in [-0.3, -0.25) is 9.59 Å². The Hall–Kier alpha value is -2.98. The highest BCUT2D eigenvalue weighted by atomic mass is 32.1. The zero-order valence-corrected chi connectivity index (χ0v) is 11.2. The lowest BCUT2D eigenvalue weighted by molar-refractivity contribution is -0.0584. The fourth-order valence-corrected chi connectivity index (χ4v) is 2.67. The number of benzene rings is 1. The van der Waals surface area contributed by atoms with Gasteiger partial charge in [-0.2, -0.15) is 16.6 Å². The lowest BCUT2D eigenvalue weighted by Gasteiger charge is -2.12. The van der Waals surface area contributed by atoms with E-state index in [1.165, 1.54) is 22.9 Å². The van der Waals surface area contributed by atoms with Crippen LogP contribution in [0.4, 0.5) is 0 Å². The van der Waals surface area contributed by atoms with Gasteiger partial charge in [-0.05, 0) is 12.1 Å². The van der Waals surface area contributed by atoms with Crippen LogP contribution in [-0.2, 0) is 4.84 Å². The zero-order valence-electron chi connectivity index (χ0n) is 10.4. The van der Waals surface area contributed by atoms with E-state index in [4.69, 9.17) is 10.1 Å². The molecule has 21 heavy (non-hydrogen) atoms. The Balaban J connectivity index is 1.88. The number of hydrogen-bond donors (Lipinski definition) is 0. The van der Waals surface area contributed by atoms with Gasteiger partial charge in [0.15, 0.2) is 0 Å². The average Bonchev–Trinajstić information content (AvgIpc) is 3.07. The molecule has 0 radical (unpaired) electrons. The van der Waals surface area contributed by atoms with E-state index in [-0.39, 0.29) is 22.3 Å². The van der Waals surface area contributed by atoms with E-state index in [1.54, 1.807) is 12.1 Å². The number of nitrogens with zero attached hydrogens (tertiary/aromatic N) is 2. The number of imide groups is 1. The van der Waals surface area contributed by atoms with Crippen LogP contribution in [0, 0.1) is 11.3 Å². The summed E-state index contributed by atoms with van der Waals surface area (Å²) in [5, 5.41) is 12.2. The van der Waals surface area contributed by atoms with E-state index in [2.05, 4.69) is 0 Å². The summed E-state index contributed by atoms with van der Waals surface area (Å²) in [4.78, 5) is 40.9. The van der Waals surface area contributed by atoms with Gasteiger partial charge >= 0.3 is 5.97 Å². The van der Waals surface area contributed by atoms with E-state index < -0.39 is 17.8 Å². The molecule has 2 aromatic rings. The number of hydrogen-bond acceptors (Lipinski definition) is 6. The van der Waals surface area contributed by atoms with Crippen LogP contribution < -0.4 is 0 Å². The first-order chi connectivity index (χ1) is 10.1. The van der Waals surface area contributed by atoms with Crippen LogP contribution in [0.15, 0.2) is 35.0 Å².